The quantitative estimate of drug-likeness (QED) is 0.795. The van der Waals surface area contributed by atoms with Crippen molar-refractivity contribution >= 4 is 15.9 Å². The Morgan fingerprint density at radius 1 is 1.26 bits per heavy atom. The molecule has 1 aromatic rings. The number of rotatable bonds is 6. The zero-order valence-corrected chi connectivity index (χ0v) is 12.7. The van der Waals surface area contributed by atoms with Crippen LogP contribution in [-0.4, -0.2) is 19.3 Å². The molecule has 0 bridgehead atoms. The van der Waals surface area contributed by atoms with Gasteiger partial charge in [-0.05, 0) is 31.0 Å². The van der Waals surface area contributed by atoms with Crippen molar-refractivity contribution in [3.05, 3.63) is 34.1 Å². The Morgan fingerprint density at radius 2 is 2.05 bits per heavy atom. The van der Waals surface area contributed by atoms with E-state index in [4.69, 9.17) is 4.74 Å². The molecule has 1 aromatic carbocycles. The summed E-state index contributed by atoms with van der Waals surface area (Å²) < 4.78 is 20.2. The van der Waals surface area contributed by atoms with Crippen LogP contribution in [0.4, 0.5) is 4.39 Å². The smallest absolute Gasteiger partial charge is 0.127 e. The molecule has 0 unspecified atom stereocenters. The van der Waals surface area contributed by atoms with Gasteiger partial charge in [-0.2, -0.15) is 0 Å². The second-order valence-corrected chi connectivity index (χ2v) is 5.96. The van der Waals surface area contributed by atoms with Crippen LogP contribution in [0.15, 0.2) is 22.7 Å². The number of hydrogen-bond donors (Lipinski definition) is 1. The molecule has 0 aromatic heterocycles. The molecule has 4 heteroatoms. The van der Waals surface area contributed by atoms with E-state index in [2.05, 4.69) is 21.2 Å². The summed E-state index contributed by atoms with van der Waals surface area (Å²) in [7, 11) is 0. The Labute approximate surface area is 122 Å². The Morgan fingerprint density at radius 3 is 2.84 bits per heavy atom. The summed E-state index contributed by atoms with van der Waals surface area (Å²) in [6.07, 6.45) is 6.77. The molecule has 1 aliphatic rings. The van der Waals surface area contributed by atoms with Crippen LogP contribution in [-0.2, 0) is 11.3 Å². The first kappa shape index (κ1) is 14.9. The van der Waals surface area contributed by atoms with E-state index in [9.17, 15) is 4.39 Å². The van der Waals surface area contributed by atoms with E-state index in [1.54, 1.807) is 6.07 Å². The number of nitrogens with one attached hydrogen (secondary N) is 1. The van der Waals surface area contributed by atoms with Crippen LogP contribution < -0.4 is 5.32 Å². The Balaban J connectivity index is 1.62. The topological polar surface area (TPSA) is 21.3 Å². The molecule has 2 rings (SSSR count). The van der Waals surface area contributed by atoms with Gasteiger partial charge in [0.2, 0.25) is 0 Å². The van der Waals surface area contributed by atoms with Gasteiger partial charge < -0.3 is 10.1 Å². The Hall–Kier alpha value is -0.450. The fraction of sp³-hybridized carbons (Fsp3) is 0.600. The Kier molecular flexibility index (Phi) is 6.28. The molecule has 0 radical (unpaired) electrons. The Bertz CT molecular complexity index is 394. The standard InChI is InChI=1S/C15H21BrFNO/c16-13-6-7-15(17)12(10-13)11-18-8-9-19-14-4-2-1-3-5-14/h6-7,10,14,18H,1-5,8-9,11H2. The summed E-state index contributed by atoms with van der Waals surface area (Å²) in [4.78, 5) is 0. The fourth-order valence-electron chi connectivity index (χ4n) is 2.43. The van der Waals surface area contributed by atoms with Crippen LogP contribution in [0, 0.1) is 5.82 Å². The first-order valence-electron chi connectivity index (χ1n) is 7.02. The number of benzene rings is 1. The maximum Gasteiger partial charge on any atom is 0.127 e. The number of halogens is 2. The number of ether oxygens (including phenoxy) is 1. The van der Waals surface area contributed by atoms with E-state index in [0.717, 1.165) is 11.0 Å². The van der Waals surface area contributed by atoms with Gasteiger partial charge in [0.15, 0.2) is 0 Å². The molecule has 0 amide bonds. The second-order valence-electron chi connectivity index (χ2n) is 5.04. The first-order chi connectivity index (χ1) is 9.25. The van der Waals surface area contributed by atoms with Gasteiger partial charge in [-0.3, -0.25) is 0 Å². The van der Waals surface area contributed by atoms with Gasteiger partial charge in [0.1, 0.15) is 5.82 Å². The average molecular weight is 330 g/mol. The summed E-state index contributed by atoms with van der Waals surface area (Å²) in [6.45, 7) is 2.02. The molecule has 19 heavy (non-hydrogen) atoms. The summed E-state index contributed by atoms with van der Waals surface area (Å²) in [6, 6.07) is 5.01. The van der Waals surface area contributed by atoms with Crippen LogP contribution in [0.5, 0.6) is 0 Å². The lowest BCUT2D eigenvalue weighted by molar-refractivity contribution is 0.0302. The molecule has 0 spiro atoms. The summed E-state index contributed by atoms with van der Waals surface area (Å²) in [5.74, 6) is -0.163. The zero-order valence-electron chi connectivity index (χ0n) is 11.1. The van der Waals surface area contributed by atoms with E-state index in [1.165, 1.54) is 38.2 Å². The van der Waals surface area contributed by atoms with Gasteiger partial charge in [0, 0.05) is 23.1 Å². The average Bonchev–Trinajstić information content (AvgIpc) is 2.43. The highest BCUT2D eigenvalue weighted by atomic mass is 79.9. The predicted molar refractivity (Wildman–Crippen MR) is 78.6 cm³/mol. The van der Waals surface area contributed by atoms with E-state index >= 15 is 0 Å². The van der Waals surface area contributed by atoms with Crippen molar-refractivity contribution in [1.29, 1.82) is 0 Å². The summed E-state index contributed by atoms with van der Waals surface area (Å²) in [5, 5.41) is 3.22. The third-order valence-corrected chi connectivity index (χ3v) is 4.00. The van der Waals surface area contributed by atoms with Crippen LogP contribution in [0.2, 0.25) is 0 Å². The third kappa shape index (κ3) is 5.21. The molecule has 1 fully saturated rings. The van der Waals surface area contributed by atoms with Gasteiger partial charge in [0.05, 0.1) is 12.7 Å². The minimum atomic E-state index is -0.163. The lowest BCUT2D eigenvalue weighted by atomic mass is 9.98. The maximum absolute atomic E-state index is 13.5. The van der Waals surface area contributed by atoms with Gasteiger partial charge in [-0.15, -0.1) is 0 Å². The molecule has 1 N–H and O–H groups in total. The van der Waals surface area contributed by atoms with Crippen LogP contribution >= 0.6 is 15.9 Å². The lowest BCUT2D eigenvalue weighted by Crippen LogP contribution is -2.24. The van der Waals surface area contributed by atoms with E-state index in [0.29, 0.717) is 24.8 Å². The highest BCUT2D eigenvalue weighted by Gasteiger charge is 2.12. The van der Waals surface area contributed by atoms with E-state index in [-0.39, 0.29) is 5.82 Å². The van der Waals surface area contributed by atoms with E-state index in [1.807, 2.05) is 6.07 Å². The van der Waals surface area contributed by atoms with Crippen molar-refractivity contribution in [1.82, 2.24) is 5.32 Å². The van der Waals surface area contributed by atoms with Gasteiger partial charge >= 0.3 is 0 Å². The van der Waals surface area contributed by atoms with Crippen LogP contribution in [0.1, 0.15) is 37.7 Å². The minimum absolute atomic E-state index is 0.163. The van der Waals surface area contributed by atoms with E-state index < -0.39 is 0 Å². The summed E-state index contributed by atoms with van der Waals surface area (Å²) >= 11 is 3.35. The largest absolute Gasteiger partial charge is 0.377 e. The summed E-state index contributed by atoms with van der Waals surface area (Å²) in [5.41, 5.74) is 0.687. The van der Waals surface area contributed by atoms with Crippen molar-refractivity contribution in [3.63, 3.8) is 0 Å². The molecule has 0 aliphatic heterocycles. The monoisotopic (exact) mass is 329 g/mol. The predicted octanol–water partition coefficient (Wildman–Crippen LogP) is 4.03. The first-order valence-corrected chi connectivity index (χ1v) is 7.81. The van der Waals surface area contributed by atoms with Crippen molar-refractivity contribution < 1.29 is 9.13 Å². The van der Waals surface area contributed by atoms with Gasteiger partial charge in [0.25, 0.3) is 0 Å². The van der Waals surface area contributed by atoms with Crippen molar-refractivity contribution in [2.45, 2.75) is 44.8 Å². The van der Waals surface area contributed by atoms with Crippen LogP contribution in [0.25, 0.3) is 0 Å². The molecular weight excluding hydrogens is 309 g/mol. The molecule has 1 saturated carbocycles. The lowest BCUT2D eigenvalue weighted by Gasteiger charge is -2.22. The van der Waals surface area contributed by atoms with Crippen molar-refractivity contribution in [2.24, 2.45) is 0 Å². The number of hydrogen-bond acceptors (Lipinski definition) is 2. The minimum Gasteiger partial charge on any atom is -0.377 e. The molecule has 0 atom stereocenters. The van der Waals surface area contributed by atoms with Gasteiger partial charge in [-0.1, -0.05) is 35.2 Å². The van der Waals surface area contributed by atoms with Crippen molar-refractivity contribution in [2.75, 3.05) is 13.2 Å². The molecule has 0 saturated heterocycles. The van der Waals surface area contributed by atoms with Crippen LogP contribution in [0.3, 0.4) is 0 Å². The molecular formula is C15H21BrFNO. The highest BCUT2D eigenvalue weighted by Crippen LogP contribution is 2.20. The normalized spacial score (nSPS) is 16.7. The molecule has 1 aliphatic carbocycles. The molecule has 2 nitrogen and oxygen atoms in total. The fourth-order valence-corrected chi connectivity index (χ4v) is 2.84. The molecule has 0 heterocycles. The molecule has 106 valence electrons. The van der Waals surface area contributed by atoms with Gasteiger partial charge in [-0.25, -0.2) is 4.39 Å². The zero-order chi connectivity index (χ0) is 13.5. The van der Waals surface area contributed by atoms with Crippen molar-refractivity contribution in [3.8, 4) is 0 Å². The maximum atomic E-state index is 13.5. The highest BCUT2D eigenvalue weighted by molar-refractivity contribution is 9.10. The second kappa shape index (κ2) is 7.98. The SMILES string of the molecule is Fc1ccc(Br)cc1CNCCOC1CCCCC1. The third-order valence-electron chi connectivity index (χ3n) is 3.51.